The Morgan fingerprint density at radius 1 is 1.58 bits per heavy atom. The average Bonchev–Trinajstić information content (AvgIpc) is 2.56. The Morgan fingerprint density at radius 2 is 2.17 bits per heavy atom. The van der Waals surface area contributed by atoms with E-state index >= 15 is 0 Å². The molecule has 1 aliphatic rings. The highest BCUT2D eigenvalue weighted by Gasteiger charge is 2.45. The van der Waals surface area contributed by atoms with Crippen LogP contribution in [0.5, 0.6) is 0 Å². The van der Waals surface area contributed by atoms with Gasteiger partial charge in [-0.05, 0) is 17.8 Å². The van der Waals surface area contributed by atoms with E-state index in [1.165, 1.54) is 6.42 Å². The molecule has 1 rings (SSSR count). The summed E-state index contributed by atoms with van der Waals surface area (Å²) in [6.07, 6.45) is 1.33. The molecule has 0 spiro atoms. The lowest BCUT2D eigenvalue weighted by Crippen LogP contribution is -2.27. The average molecular weight is 171 g/mol. The first-order chi connectivity index (χ1) is 5.56. The fourth-order valence-corrected chi connectivity index (χ4v) is 1.50. The molecule has 0 amide bonds. The highest BCUT2D eigenvalue weighted by atomic mass is 16.5. The Kier molecular flexibility index (Phi) is 3.13. The van der Waals surface area contributed by atoms with Gasteiger partial charge in [0, 0.05) is 26.3 Å². The Bertz CT molecular complexity index is 145. The molecule has 0 saturated heterocycles. The van der Waals surface area contributed by atoms with Crippen molar-refractivity contribution in [1.29, 1.82) is 0 Å². The minimum atomic E-state index is 0.548. The van der Waals surface area contributed by atoms with Crippen LogP contribution in [-0.4, -0.2) is 26.3 Å². The second-order valence-electron chi connectivity index (χ2n) is 4.71. The van der Waals surface area contributed by atoms with Gasteiger partial charge in [0.05, 0.1) is 0 Å². The van der Waals surface area contributed by atoms with Gasteiger partial charge in [-0.2, -0.15) is 0 Å². The fourth-order valence-electron chi connectivity index (χ4n) is 1.50. The molecule has 12 heavy (non-hydrogen) atoms. The van der Waals surface area contributed by atoms with Crippen LogP contribution in [0, 0.1) is 11.3 Å². The van der Waals surface area contributed by atoms with Crippen LogP contribution in [0.3, 0.4) is 0 Å². The number of hydrogen-bond donors (Lipinski definition) is 1. The summed E-state index contributed by atoms with van der Waals surface area (Å²) in [6, 6.07) is 0.747. The Balaban J connectivity index is 2.03. The topological polar surface area (TPSA) is 21.3 Å². The number of rotatable bonds is 5. The molecule has 0 heterocycles. The van der Waals surface area contributed by atoms with Gasteiger partial charge < -0.3 is 10.1 Å². The van der Waals surface area contributed by atoms with Crippen molar-refractivity contribution < 1.29 is 4.74 Å². The molecular weight excluding hydrogens is 150 g/mol. The standard InChI is InChI=1S/C10H21NO/c1-8(7-12-4)6-11-9-5-10(9,2)3/h8-9,11H,5-7H2,1-4H3. The molecule has 1 saturated carbocycles. The van der Waals surface area contributed by atoms with E-state index in [4.69, 9.17) is 4.74 Å². The summed E-state index contributed by atoms with van der Waals surface area (Å²) < 4.78 is 5.07. The van der Waals surface area contributed by atoms with Crippen LogP contribution < -0.4 is 5.32 Å². The molecule has 1 fully saturated rings. The van der Waals surface area contributed by atoms with Crippen LogP contribution in [0.1, 0.15) is 27.2 Å². The maximum atomic E-state index is 5.07. The number of nitrogens with one attached hydrogen (secondary N) is 1. The highest BCUT2D eigenvalue weighted by Crippen LogP contribution is 2.44. The third-order valence-electron chi connectivity index (χ3n) is 2.68. The van der Waals surface area contributed by atoms with E-state index in [0.29, 0.717) is 11.3 Å². The van der Waals surface area contributed by atoms with Crippen molar-refractivity contribution in [3.05, 3.63) is 0 Å². The zero-order chi connectivity index (χ0) is 9.19. The first-order valence-corrected chi connectivity index (χ1v) is 4.78. The van der Waals surface area contributed by atoms with Crippen LogP contribution in [0.4, 0.5) is 0 Å². The molecule has 0 aromatic rings. The van der Waals surface area contributed by atoms with Gasteiger partial charge in [-0.3, -0.25) is 0 Å². The molecule has 0 aromatic carbocycles. The van der Waals surface area contributed by atoms with E-state index < -0.39 is 0 Å². The van der Waals surface area contributed by atoms with Crippen LogP contribution in [0.25, 0.3) is 0 Å². The third-order valence-corrected chi connectivity index (χ3v) is 2.68. The first kappa shape index (κ1) is 10.0. The molecule has 0 radical (unpaired) electrons. The van der Waals surface area contributed by atoms with Gasteiger partial charge in [0.1, 0.15) is 0 Å². The van der Waals surface area contributed by atoms with Crippen LogP contribution in [-0.2, 0) is 4.74 Å². The number of ether oxygens (including phenoxy) is 1. The summed E-state index contributed by atoms with van der Waals surface area (Å²) in [6.45, 7) is 8.78. The van der Waals surface area contributed by atoms with E-state index in [0.717, 1.165) is 19.2 Å². The number of methoxy groups -OCH3 is 1. The second-order valence-corrected chi connectivity index (χ2v) is 4.71. The molecule has 0 aromatic heterocycles. The molecule has 2 nitrogen and oxygen atoms in total. The van der Waals surface area contributed by atoms with E-state index in [1.807, 2.05) is 0 Å². The first-order valence-electron chi connectivity index (χ1n) is 4.78. The predicted octanol–water partition coefficient (Wildman–Crippen LogP) is 1.66. The third kappa shape index (κ3) is 2.76. The lowest BCUT2D eigenvalue weighted by Gasteiger charge is -2.12. The van der Waals surface area contributed by atoms with Crippen LogP contribution >= 0.6 is 0 Å². The summed E-state index contributed by atoms with van der Waals surface area (Å²) in [5.74, 6) is 0.631. The zero-order valence-corrected chi connectivity index (χ0v) is 8.68. The number of hydrogen-bond acceptors (Lipinski definition) is 2. The molecular formula is C10H21NO. The summed E-state index contributed by atoms with van der Waals surface area (Å²) in [5.41, 5.74) is 0.548. The van der Waals surface area contributed by atoms with Crippen molar-refractivity contribution in [2.75, 3.05) is 20.3 Å². The summed E-state index contributed by atoms with van der Waals surface area (Å²) in [7, 11) is 1.76. The van der Waals surface area contributed by atoms with Crippen molar-refractivity contribution >= 4 is 0 Å². The summed E-state index contributed by atoms with van der Waals surface area (Å²) in [5, 5.41) is 3.55. The van der Waals surface area contributed by atoms with Gasteiger partial charge in [-0.15, -0.1) is 0 Å². The SMILES string of the molecule is COCC(C)CNC1CC1(C)C. The van der Waals surface area contributed by atoms with Gasteiger partial charge in [0.15, 0.2) is 0 Å². The monoisotopic (exact) mass is 171 g/mol. The van der Waals surface area contributed by atoms with Crippen LogP contribution in [0.2, 0.25) is 0 Å². The highest BCUT2D eigenvalue weighted by molar-refractivity contribution is 5.01. The minimum Gasteiger partial charge on any atom is -0.384 e. The lowest BCUT2D eigenvalue weighted by atomic mass is 10.1. The second kappa shape index (κ2) is 3.75. The van der Waals surface area contributed by atoms with Gasteiger partial charge in [0.25, 0.3) is 0 Å². The molecule has 1 aliphatic carbocycles. The molecule has 1 N–H and O–H groups in total. The minimum absolute atomic E-state index is 0.548. The quantitative estimate of drug-likeness (QED) is 0.679. The Morgan fingerprint density at radius 3 is 2.58 bits per heavy atom. The maximum absolute atomic E-state index is 5.07. The van der Waals surface area contributed by atoms with Gasteiger partial charge in [-0.25, -0.2) is 0 Å². The van der Waals surface area contributed by atoms with Gasteiger partial charge >= 0.3 is 0 Å². The maximum Gasteiger partial charge on any atom is 0.0499 e. The lowest BCUT2D eigenvalue weighted by molar-refractivity contribution is 0.158. The summed E-state index contributed by atoms with van der Waals surface area (Å²) in [4.78, 5) is 0. The van der Waals surface area contributed by atoms with E-state index in [2.05, 4.69) is 26.1 Å². The van der Waals surface area contributed by atoms with Crippen molar-refractivity contribution in [2.45, 2.75) is 33.2 Å². The molecule has 0 bridgehead atoms. The molecule has 72 valence electrons. The van der Waals surface area contributed by atoms with Crippen molar-refractivity contribution in [1.82, 2.24) is 5.32 Å². The fraction of sp³-hybridized carbons (Fsp3) is 1.00. The molecule has 2 heteroatoms. The molecule has 0 aliphatic heterocycles. The molecule has 2 unspecified atom stereocenters. The van der Waals surface area contributed by atoms with Crippen molar-refractivity contribution in [3.63, 3.8) is 0 Å². The zero-order valence-electron chi connectivity index (χ0n) is 8.68. The summed E-state index contributed by atoms with van der Waals surface area (Å²) >= 11 is 0. The van der Waals surface area contributed by atoms with Crippen LogP contribution in [0.15, 0.2) is 0 Å². The van der Waals surface area contributed by atoms with Gasteiger partial charge in [-0.1, -0.05) is 20.8 Å². The van der Waals surface area contributed by atoms with E-state index in [1.54, 1.807) is 7.11 Å². The van der Waals surface area contributed by atoms with Crippen molar-refractivity contribution in [2.24, 2.45) is 11.3 Å². The largest absolute Gasteiger partial charge is 0.384 e. The predicted molar refractivity (Wildman–Crippen MR) is 51.2 cm³/mol. The normalized spacial score (nSPS) is 28.5. The smallest absolute Gasteiger partial charge is 0.0499 e. The Labute approximate surface area is 75.7 Å². The molecule has 2 atom stereocenters. The van der Waals surface area contributed by atoms with E-state index in [9.17, 15) is 0 Å². The Hall–Kier alpha value is -0.0800. The van der Waals surface area contributed by atoms with Gasteiger partial charge in [0.2, 0.25) is 0 Å². The van der Waals surface area contributed by atoms with E-state index in [-0.39, 0.29) is 0 Å². The van der Waals surface area contributed by atoms with Crippen molar-refractivity contribution in [3.8, 4) is 0 Å².